The van der Waals surface area contributed by atoms with Crippen LogP contribution in [0.1, 0.15) is 45.0 Å². The predicted molar refractivity (Wildman–Crippen MR) is 128 cm³/mol. The Hall–Kier alpha value is -3.37. The standard InChI is InChI=1S/C24H20ClF3N2O4S/c1-12-13(2)35-22(29-14(3)31)19(12)23(33)34-20(15-7-5-4-6-8-15)21(32)30-16-9-10-18(25)17(11-16)24(26,27)28/h4-11,20H,1-3H3,(H,29,31)(H,30,32)/t20-/m1/s1. The monoisotopic (exact) mass is 524 g/mol. The molecule has 11 heteroatoms. The summed E-state index contributed by atoms with van der Waals surface area (Å²) in [5, 5.41) is 4.70. The van der Waals surface area contributed by atoms with Crippen molar-refractivity contribution in [3.8, 4) is 0 Å². The first-order valence-electron chi connectivity index (χ1n) is 10.2. The number of hydrogen-bond acceptors (Lipinski definition) is 5. The number of rotatable bonds is 6. The van der Waals surface area contributed by atoms with Gasteiger partial charge in [0.2, 0.25) is 12.0 Å². The molecule has 0 aliphatic heterocycles. The number of alkyl halides is 3. The maximum atomic E-state index is 13.2. The highest BCUT2D eigenvalue weighted by molar-refractivity contribution is 7.16. The van der Waals surface area contributed by atoms with Crippen molar-refractivity contribution in [1.82, 2.24) is 0 Å². The number of benzene rings is 2. The topological polar surface area (TPSA) is 84.5 Å². The molecule has 2 N–H and O–H groups in total. The van der Waals surface area contributed by atoms with Gasteiger partial charge in [-0.05, 0) is 37.6 Å². The number of anilines is 2. The summed E-state index contributed by atoms with van der Waals surface area (Å²) in [6, 6.07) is 10.9. The number of amides is 2. The molecule has 0 aliphatic rings. The highest BCUT2D eigenvalue weighted by Crippen LogP contribution is 2.37. The van der Waals surface area contributed by atoms with Crippen LogP contribution in [-0.4, -0.2) is 17.8 Å². The maximum absolute atomic E-state index is 13.2. The van der Waals surface area contributed by atoms with Gasteiger partial charge < -0.3 is 15.4 Å². The first-order chi connectivity index (χ1) is 16.4. The minimum absolute atomic E-state index is 0.0993. The van der Waals surface area contributed by atoms with Crippen LogP contribution in [0.4, 0.5) is 23.9 Å². The number of carbonyl (C=O) groups is 3. The van der Waals surface area contributed by atoms with Crippen molar-refractivity contribution in [3.63, 3.8) is 0 Å². The molecule has 1 atom stereocenters. The molecule has 184 valence electrons. The van der Waals surface area contributed by atoms with Crippen LogP contribution in [0.5, 0.6) is 0 Å². The molecule has 0 saturated carbocycles. The van der Waals surface area contributed by atoms with Crippen LogP contribution < -0.4 is 10.6 Å². The zero-order valence-electron chi connectivity index (χ0n) is 18.7. The number of ether oxygens (including phenoxy) is 1. The Morgan fingerprint density at radius 1 is 1.03 bits per heavy atom. The van der Waals surface area contributed by atoms with Crippen molar-refractivity contribution < 1.29 is 32.3 Å². The van der Waals surface area contributed by atoms with Crippen LogP contribution in [0.25, 0.3) is 0 Å². The van der Waals surface area contributed by atoms with Gasteiger partial charge in [-0.2, -0.15) is 13.2 Å². The van der Waals surface area contributed by atoms with Crippen LogP contribution in [0.15, 0.2) is 48.5 Å². The number of halogens is 4. The van der Waals surface area contributed by atoms with E-state index in [1.54, 1.807) is 44.2 Å². The molecule has 3 rings (SSSR count). The number of aryl methyl sites for hydroxylation is 1. The normalized spacial score (nSPS) is 12.1. The fraction of sp³-hybridized carbons (Fsp3) is 0.208. The van der Waals surface area contributed by atoms with Gasteiger partial charge in [-0.15, -0.1) is 11.3 Å². The van der Waals surface area contributed by atoms with Gasteiger partial charge in [0, 0.05) is 23.1 Å². The molecule has 0 fully saturated rings. The summed E-state index contributed by atoms with van der Waals surface area (Å²) in [6.07, 6.45) is -6.21. The van der Waals surface area contributed by atoms with E-state index in [4.69, 9.17) is 16.3 Å². The van der Waals surface area contributed by atoms with E-state index >= 15 is 0 Å². The Labute approximate surface area is 208 Å². The molecule has 3 aromatic rings. The first-order valence-corrected chi connectivity index (χ1v) is 11.4. The van der Waals surface area contributed by atoms with Crippen LogP contribution in [0.3, 0.4) is 0 Å². The molecule has 0 saturated heterocycles. The number of thiophene rings is 1. The van der Waals surface area contributed by atoms with E-state index < -0.39 is 34.7 Å². The molecule has 0 spiro atoms. The highest BCUT2D eigenvalue weighted by Gasteiger charge is 2.34. The summed E-state index contributed by atoms with van der Waals surface area (Å²) in [5.74, 6) is -2.13. The SMILES string of the molecule is CC(=O)Nc1sc(C)c(C)c1C(=O)O[C@@H](C(=O)Nc1ccc(Cl)c(C(F)(F)F)c1)c1ccccc1. The van der Waals surface area contributed by atoms with E-state index in [9.17, 15) is 27.6 Å². The maximum Gasteiger partial charge on any atom is 0.417 e. The lowest BCUT2D eigenvalue weighted by molar-refractivity contribution is -0.137. The minimum atomic E-state index is -4.72. The predicted octanol–water partition coefficient (Wildman–Crippen LogP) is 6.53. The van der Waals surface area contributed by atoms with Crippen molar-refractivity contribution in [3.05, 3.63) is 80.7 Å². The van der Waals surface area contributed by atoms with E-state index in [0.717, 1.165) is 10.9 Å². The summed E-state index contributed by atoms with van der Waals surface area (Å²) >= 11 is 6.83. The van der Waals surface area contributed by atoms with Crippen LogP contribution in [-0.2, 0) is 20.5 Å². The number of esters is 1. The molecule has 0 aliphatic carbocycles. The van der Waals surface area contributed by atoms with Gasteiger partial charge in [-0.1, -0.05) is 41.9 Å². The molecule has 6 nitrogen and oxygen atoms in total. The smallest absolute Gasteiger partial charge is 0.417 e. The molecule has 35 heavy (non-hydrogen) atoms. The molecule has 0 unspecified atom stereocenters. The Kier molecular flexibility index (Phi) is 7.86. The molecule has 2 amide bonds. The molecule has 1 heterocycles. The van der Waals surface area contributed by atoms with Gasteiger partial charge in [-0.3, -0.25) is 9.59 Å². The molecule has 0 radical (unpaired) electrons. The molecule has 1 aromatic heterocycles. The van der Waals surface area contributed by atoms with Crippen molar-refractivity contribution >= 4 is 51.4 Å². The second-order valence-electron chi connectivity index (χ2n) is 7.55. The lowest BCUT2D eigenvalue weighted by atomic mass is 10.1. The molecular formula is C24H20ClF3N2O4S. The van der Waals surface area contributed by atoms with Crippen LogP contribution >= 0.6 is 22.9 Å². The quantitative estimate of drug-likeness (QED) is 0.359. The number of nitrogens with one attached hydrogen (secondary N) is 2. The third-order valence-electron chi connectivity index (χ3n) is 4.98. The van der Waals surface area contributed by atoms with Crippen molar-refractivity contribution in [2.45, 2.75) is 33.1 Å². The third-order valence-corrected chi connectivity index (χ3v) is 6.44. The Morgan fingerprint density at radius 2 is 1.69 bits per heavy atom. The van der Waals surface area contributed by atoms with Crippen LogP contribution in [0, 0.1) is 13.8 Å². The summed E-state index contributed by atoms with van der Waals surface area (Å²) < 4.78 is 45.2. The molecule has 2 aromatic carbocycles. The van der Waals surface area contributed by atoms with E-state index in [0.29, 0.717) is 17.2 Å². The Balaban J connectivity index is 1.94. The highest BCUT2D eigenvalue weighted by atomic mass is 35.5. The van der Waals surface area contributed by atoms with Gasteiger partial charge in [0.15, 0.2) is 0 Å². The van der Waals surface area contributed by atoms with E-state index in [1.165, 1.54) is 24.3 Å². The second kappa shape index (κ2) is 10.5. The molecular weight excluding hydrogens is 505 g/mol. The van der Waals surface area contributed by atoms with Gasteiger partial charge in [-0.25, -0.2) is 4.79 Å². The average molecular weight is 525 g/mol. The fourth-order valence-electron chi connectivity index (χ4n) is 3.22. The number of carbonyl (C=O) groups excluding carboxylic acids is 3. The zero-order valence-corrected chi connectivity index (χ0v) is 20.3. The van der Waals surface area contributed by atoms with Gasteiger partial charge in [0.05, 0.1) is 16.1 Å². The van der Waals surface area contributed by atoms with Crippen molar-refractivity contribution in [2.75, 3.05) is 10.6 Å². The summed E-state index contributed by atoms with van der Waals surface area (Å²) in [7, 11) is 0. The third kappa shape index (κ3) is 6.20. The summed E-state index contributed by atoms with van der Waals surface area (Å²) in [5.41, 5.74) is -0.320. The van der Waals surface area contributed by atoms with E-state index in [1.807, 2.05) is 0 Å². The van der Waals surface area contributed by atoms with Gasteiger partial charge in [0.1, 0.15) is 5.00 Å². The summed E-state index contributed by atoms with van der Waals surface area (Å²) in [6.45, 7) is 4.74. The summed E-state index contributed by atoms with van der Waals surface area (Å²) in [4.78, 5) is 38.6. The lowest BCUT2D eigenvalue weighted by Gasteiger charge is -2.19. The Bertz CT molecular complexity index is 1280. The van der Waals surface area contributed by atoms with Crippen LogP contribution in [0.2, 0.25) is 5.02 Å². The minimum Gasteiger partial charge on any atom is -0.444 e. The van der Waals surface area contributed by atoms with Crippen molar-refractivity contribution in [2.24, 2.45) is 0 Å². The fourth-order valence-corrected chi connectivity index (χ4v) is 4.53. The van der Waals surface area contributed by atoms with E-state index in [2.05, 4.69) is 10.6 Å². The van der Waals surface area contributed by atoms with E-state index in [-0.39, 0.29) is 22.2 Å². The average Bonchev–Trinajstić information content (AvgIpc) is 3.05. The zero-order chi connectivity index (χ0) is 25.9. The number of hydrogen-bond donors (Lipinski definition) is 2. The Morgan fingerprint density at radius 3 is 2.29 bits per heavy atom. The van der Waals surface area contributed by atoms with Gasteiger partial charge in [0.25, 0.3) is 5.91 Å². The first kappa shape index (κ1) is 26.2. The lowest BCUT2D eigenvalue weighted by Crippen LogP contribution is -2.26. The van der Waals surface area contributed by atoms with Gasteiger partial charge >= 0.3 is 12.1 Å². The molecule has 0 bridgehead atoms. The largest absolute Gasteiger partial charge is 0.444 e. The second-order valence-corrected chi connectivity index (χ2v) is 9.18. The van der Waals surface area contributed by atoms with Crippen molar-refractivity contribution in [1.29, 1.82) is 0 Å².